The predicted octanol–water partition coefficient (Wildman–Crippen LogP) is 4.25. The maximum Gasteiger partial charge on any atom is 0.173 e. The highest BCUT2D eigenvalue weighted by Gasteiger charge is 2.09. The zero-order valence-electron chi connectivity index (χ0n) is 11.9. The van der Waals surface area contributed by atoms with Gasteiger partial charge in [0, 0.05) is 11.1 Å². The molecule has 0 aliphatic carbocycles. The third-order valence-electron chi connectivity index (χ3n) is 3.21. The molecule has 0 amide bonds. The minimum atomic E-state index is -1.43. The average Bonchev–Trinajstić information content (AvgIpc) is 2.62. The van der Waals surface area contributed by atoms with Crippen molar-refractivity contribution in [3.63, 3.8) is 0 Å². The van der Waals surface area contributed by atoms with E-state index in [-0.39, 0.29) is 0 Å². The van der Waals surface area contributed by atoms with Gasteiger partial charge in [0.1, 0.15) is 0 Å². The summed E-state index contributed by atoms with van der Waals surface area (Å²) in [6.07, 6.45) is 0. The lowest BCUT2D eigenvalue weighted by atomic mass is 10.0. The van der Waals surface area contributed by atoms with Crippen LogP contribution in [0.1, 0.15) is 11.1 Å². The molecule has 0 unspecified atom stereocenters. The van der Waals surface area contributed by atoms with Gasteiger partial charge in [-0.3, -0.25) is 0 Å². The molecule has 0 bridgehead atoms. The van der Waals surface area contributed by atoms with Crippen LogP contribution < -0.4 is 0 Å². The number of nitrogens with zero attached hydrogens (tertiary/aromatic N) is 1. The molecule has 3 aromatic rings. The topological polar surface area (TPSA) is 29.4 Å². The summed E-state index contributed by atoms with van der Waals surface area (Å²) in [4.78, 5) is 0.701. The molecule has 3 rings (SSSR count). The third-order valence-corrected chi connectivity index (χ3v) is 4.24. The van der Waals surface area contributed by atoms with E-state index in [0.29, 0.717) is 4.90 Å². The van der Waals surface area contributed by atoms with E-state index in [1.807, 2.05) is 91.0 Å². The van der Waals surface area contributed by atoms with E-state index in [1.165, 1.54) is 0 Å². The molecule has 0 fully saturated rings. The van der Waals surface area contributed by atoms with Gasteiger partial charge in [-0.2, -0.15) is 4.40 Å². The van der Waals surface area contributed by atoms with Crippen LogP contribution in [0.4, 0.5) is 0 Å². The van der Waals surface area contributed by atoms with Crippen molar-refractivity contribution in [2.24, 2.45) is 4.40 Å². The van der Waals surface area contributed by atoms with Crippen molar-refractivity contribution < 1.29 is 4.21 Å². The molecule has 0 aromatic heterocycles. The van der Waals surface area contributed by atoms with Crippen LogP contribution >= 0.6 is 0 Å². The molecule has 0 saturated carbocycles. The smallest absolute Gasteiger partial charge is 0.173 e. The average molecular weight is 305 g/mol. The Hall–Kier alpha value is -2.52. The van der Waals surface area contributed by atoms with Crippen molar-refractivity contribution in [2.45, 2.75) is 4.90 Å². The normalized spacial score (nSPS) is 11.6. The van der Waals surface area contributed by atoms with Crippen LogP contribution in [0.2, 0.25) is 0 Å². The van der Waals surface area contributed by atoms with Crippen LogP contribution in [0.3, 0.4) is 0 Å². The fourth-order valence-electron chi connectivity index (χ4n) is 2.14. The molecule has 0 radical (unpaired) electrons. The van der Waals surface area contributed by atoms with Crippen molar-refractivity contribution in [3.05, 3.63) is 102 Å². The summed E-state index contributed by atoms with van der Waals surface area (Å²) in [5.41, 5.74) is 2.65. The first-order chi connectivity index (χ1) is 10.8. The molecule has 2 nitrogen and oxygen atoms in total. The molecular weight excluding hydrogens is 290 g/mol. The Kier molecular flexibility index (Phi) is 4.56. The third kappa shape index (κ3) is 3.38. The molecule has 0 saturated heterocycles. The van der Waals surface area contributed by atoms with Gasteiger partial charge in [0.05, 0.1) is 10.6 Å². The second-order valence-electron chi connectivity index (χ2n) is 4.73. The Morgan fingerprint density at radius 3 is 1.50 bits per heavy atom. The fourth-order valence-corrected chi connectivity index (χ4v) is 3.01. The van der Waals surface area contributed by atoms with Crippen molar-refractivity contribution in [2.75, 3.05) is 0 Å². The number of hydrogen-bond acceptors (Lipinski definition) is 1. The maximum atomic E-state index is 12.5. The summed E-state index contributed by atoms with van der Waals surface area (Å²) >= 11 is 0. The van der Waals surface area contributed by atoms with Gasteiger partial charge in [-0.15, -0.1) is 0 Å². The minimum Gasteiger partial charge on any atom is -0.229 e. The lowest BCUT2D eigenvalue weighted by molar-refractivity contribution is 0.684. The summed E-state index contributed by atoms with van der Waals surface area (Å²) < 4.78 is 17.0. The van der Waals surface area contributed by atoms with Gasteiger partial charge >= 0.3 is 0 Å². The number of hydrogen-bond donors (Lipinski definition) is 0. The Balaban J connectivity index is 2.06. The highest BCUT2D eigenvalue weighted by Crippen LogP contribution is 2.14. The predicted molar refractivity (Wildman–Crippen MR) is 91.4 cm³/mol. The van der Waals surface area contributed by atoms with Crippen molar-refractivity contribution in [1.82, 2.24) is 0 Å². The van der Waals surface area contributed by atoms with Crippen LogP contribution in [0.15, 0.2) is 100 Å². The van der Waals surface area contributed by atoms with Crippen LogP contribution in [-0.4, -0.2) is 9.92 Å². The first-order valence-corrected chi connectivity index (χ1v) is 8.12. The van der Waals surface area contributed by atoms with Gasteiger partial charge in [-0.05, 0) is 12.1 Å². The van der Waals surface area contributed by atoms with Crippen LogP contribution in [0.5, 0.6) is 0 Å². The SMILES string of the molecule is O=[S@@](N=C(c1ccccc1)c1ccccc1)c1ccccc1. The standard InChI is InChI=1S/C19H15NOS/c21-22(18-14-8-3-9-15-18)20-19(16-10-4-1-5-11-16)17-12-6-2-7-13-17/h1-15H/t22-/m1/s1. The molecule has 108 valence electrons. The van der Waals surface area contributed by atoms with E-state index in [0.717, 1.165) is 16.8 Å². The Bertz CT molecular complexity index is 742. The lowest BCUT2D eigenvalue weighted by Gasteiger charge is -2.07. The van der Waals surface area contributed by atoms with Crippen LogP contribution in [-0.2, 0) is 11.0 Å². The molecule has 0 N–H and O–H groups in total. The first-order valence-electron chi connectivity index (χ1n) is 7.01. The number of benzene rings is 3. The summed E-state index contributed by atoms with van der Waals surface area (Å²) in [5.74, 6) is 0. The van der Waals surface area contributed by atoms with Gasteiger partial charge in [0.25, 0.3) is 0 Å². The zero-order chi connectivity index (χ0) is 15.2. The van der Waals surface area contributed by atoms with Gasteiger partial charge in [-0.25, -0.2) is 4.21 Å². The molecule has 22 heavy (non-hydrogen) atoms. The van der Waals surface area contributed by atoms with Gasteiger partial charge < -0.3 is 0 Å². The second kappa shape index (κ2) is 6.96. The summed E-state index contributed by atoms with van der Waals surface area (Å²) in [5, 5.41) is 0. The Morgan fingerprint density at radius 2 is 1.05 bits per heavy atom. The molecule has 0 spiro atoms. The molecule has 0 heterocycles. The van der Waals surface area contributed by atoms with Gasteiger partial charge in [0.2, 0.25) is 0 Å². The van der Waals surface area contributed by atoms with E-state index in [1.54, 1.807) is 0 Å². The maximum absolute atomic E-state index is 12.5. The molecule has 3 aromatic carbocycles. The van der Waals surface area contributed by atoms with E-state index in [9.17, 15) is 4.21 Å². The first kappa shape index (κ1) is 14.4. The van der Waals surface area contributed by atoms with Crippen LogP contribution in [0, 0.1) is 0 Å². The molecule has 1 atom stereocenters. The summed E-state index contributed by atoms with van der Waals surface area (Å²) in [6, 6.07) is 29.0. The van der Waals surface area contributed by atoms with Crippen LogP contribution in [0.25, 0.3) is 0 Å². The van der Waals surface area contributed by atoms with Crippen molar-refractivity contribution >= 4 is 16.7 Å². The monoisotopic (exact) mass is 305 g/mol. The van der Waals surface area contributed by atoms with E-state index < -0.39 is 11.0 Å². The lowest BCUT2D eigenvalue weighted by Crippen LogP contribution is -2.05. The van der Waals surface area contributed by atoms with E-state index in [2.05, 4.69) is 4.40 Å². The van der Waals surface area contributed by atoms with Crippen molar-refractivity contribution in [3.8, 4) is 0 Å². The molecule has 0 aliphatic rings. The highest BCUT2D eigenvalue weighted by molar-refractivity contribution is 7.84. The summed E-state index contributed by atoms with van der Waals surface area (Å²) in [7, 11) is -1.43. The van der Waals surface area contributed by atoms with Crippen molar-refractivity contribution in [1.29, 1.82) is 0 Å². The van der Waals surface area contributed by atoms with Gasteiger partial charge in [0.15, 0.2) is 11.0 Å². The van der Waals surface area contributed by atoms with E-state index >= 15 is 0 Å². The number of rotatable bonds is 4. The molecular formula is C19H15NOS. The Morgan fingerprint density at radius 1 is 0.636 bits per heavy atom. The molecule has 0 aliphatic heterocycles. The highest BCUT2D eigenvalue weighted by atomic mass is 32.2. The Labute approximate surface area is 132 Å². The quantitative estimate of drug-likeness (QED) is 0.663. The minimum absolute atomic E-state index is 0.701. The second-order valence-corrected chi connectivity index (χ2v) is 5.89. The largest absolute Gasteiger partial charge is 0.229 e. The van der Waals surface area contributed by atoms with E-state index in [4.69, 9.17) is 0 Å². The summed E-state index contributed by atoms with van der Waals surface area (Å²) in [6.45, 7) is 0. The van der Waals surface area contributed by atoms with Gasteiger partial charge in [-0.1, -0.05) is 78.9 Å². The molecule has 3 heteroatoms. The fraction of sp³-hybridized carbons (Fsp3) is 0. The zero-order valence-corrected chi connectivity index (χ0v) is 12.7.